The Morgan fingerprint density at radius 2 is 1.81 bits per heavy atom. The van der Waals surface area contributed by atoms with Crippen molar-refractivity contribution in [3.63, 3.8) is 0 Å². The first kappa shape index (κ1) is 28.0. The zero-order chi connectivity index (χ0) is 27.2. The summed E-state index contributed by atoms with van der Waals surface area (Å²) in [5.74, 6) is 5.24. The Morgan fingerprint density at radius 3 is 2.46 bits per heavy atom. The minimum Gasteiger partial charge on any atom is -0.469 e. The van der Waals surface area contributed by atoms with Crippen molar-refractivity contribution in [2.75, 3.05) is 7.11 Å². The minimum absolute atomic E-state index is 0.0122. The molecule has 0 N–H and O–H groups in total. The molecule has 0 saturated heterocycles. The number of esters is 2. The molecule has 7 nitrogen and oxygen atoms in total. The second kappa shape index (κ2) is 12.1. The molecule has 0 radical (unpaired) electrons. The fourth-order valence-electron chi connectivity index (χ4n) is 4.09. The summed E-state index contributed by atoms with van der Waals surface area (Å²) in [6, 6.07) is 6.32. The third kappa shape index (κ3) is 6.60. The number of carbonyl (C=O) groups is 2. The lowest BCUT2D eigenvalue weighted by Crippen LogP contribution is -2.16. The maximum atomic E-state index is 13.3. The lowest BCUT2D eigenvalue weighted by molar-refractivity contribution is -0.140. The Kier molecular flexibility index (Phi) is 9.17. The number of cyclic esters (lactones) is 1. The van der Waals surface area contributed by atoms with E-state index < -0.39 is 16.1 Å². The number of hydrogen-bond acceptors (Lipinski definition) is 7. The number of rotatable bonds is 9. The van der Waals surface area contributed by atoms with E-state index in [2.05, 4.69) is 11.8 Å². The van der Waals surface area contributed by atoms with E-state index in [1.807, 2.05) is 33.8 Å². The standard InChI is InChI=1S/C29H32O7S/c1-6-7-8-9-23-21(4)25-18-35-29(31)27(25)28(24(23)16-12-20(3)13-17-26(30)34-5)36-37(32,33)22-14-10-19(2)11-15-22/h10-12,14-15H,6,9,13,16-18H2,1-5H3/b20-12+. The Bertz CT molecular complexity index is 1390. The van der Waals surface area contributed by atoms with Gasteiger partial charge >= 0.3 is 22.1 Å². The second-order valence-electron chi connectivity index (χ2n) is 8.91. The summed E-state index contributed by atoms with van der Waals surface area (Å²) < 4.78 is 42.4. The summed E-state index contributed by atoms with van der Waals surface area (Å²) in [7, 11) is -2.90. The highest BCUT2D eigenvalue weighted by Gasteiger charge is 2.34. The van der Waals surface area contributed by atoms with Crippen molar-refractivity contribution < 1.29 is 31.7 Å². The van der Waals surface area contributed by atoms with Crippen molar-refractivity contribution in [2.45, 2.75) is 71.3 Å². The van der Waals surface area contributed by atoms with Gasteiger partial charge in [-0.1, -0.05) is 42.2 Å². The first-order chi connectivity index (χ1) is 17.6. The quantitative estimate of drug-likeness (QED) is 0.194. The summed E-state index contributed by atoms with van der Waals surface area (Å²) in [6.07, 6.45) is 3.96. The van der Waals surface area contributed by atoms with Crippen molar-refractivity contribution in [1.29, 1.82) is 0 Å². The average molecular weight is 525 g/mol. The molecule has 1 heterocycles. The van der Waals surface area contributed by atoms with Gasteiger partial charge in [0.05, 0.1) is 7.11 Å². The monoisotopic (exact) mass is 524 g/mol. The molecule has 0 spiro atoms. The van der Waals surface area contributed by atoms with Crippen LogP contribution in [0.1, 0.15) is 71.3 Å². The summed E-state index contributed by atoms with van der Waals surface area (Å²) in [5, 5.41) is 0. The largest absolute Gasteiger partial charge is 0.469 e. The molecule has 196 valence electrons. The average Bonchev–Trinajstić information content (AvgIpc) is 3.26. The van der Waals surface area contributed by atoms with Gasteiger partial charge in [-0.25, -0.2) is 4.79 Å². The maximum absolute atomic E-state index is 13.3. The highest BCUT2D eigenvalue weighted by atomic mass is 32.2. The van der Waals surface area contributed by atoms with Crippen molar-refractivity contribution in [3.8, 4) is 17.6 Å². The van der Waals surface area contributed by atoms with Crippen LogP contribution in [0.5, 0.6) is 5.75 Å². The number of fused-ring (bicyclic) bond motifs is 1. The van der Waals surface area contributed by atoms with Crippen LogP contribution in [0.15, 0.2) is 40.8 Å². The topological polar surface area (TPSA) is 96.0 Å². The summed E-state index contributed by atoms with van der Waals surface area (Å²) >= 11 is 0. The second-order valence-corrected chi connectivity index (χ2v) is 10.5. The molecule has 0 aromatic heterocycles. The van der Waals surface area contributed by atoms with Crippen molar-refractivity contribution in [1.82, 2.24) is 0 Å². The van der Waals surface area contributed by atoms with Crippen LogP contribution in [0, 0.1) is 25.7 Å². The molecule has 1 aliphatic heterocycles. The van der Waals surface area contributed by atoms with Crippen LogP contribution in [-0.2, 0) is 43.8 Å². The molecule has 37 heavy (non-hydrogen) atoms. The van der Waals surface area contributed by atoms with Gasteiger partial charge in [-0.05, 0) is 56.9 Å². The number of carbonyl (C=O) groups excluding carboxylic acids is 2. The van der Waals surface area contributed by atoms with Gasteiger partial charge in [-0.15, -0.1) is 5.92 Å². The predicted octanol–water partition coefficient (Wildman–Crippen LogP) is 5.14. The van der Waals surface area contributed by atoms with Crippen LogP contribution in [-0.4, -0.2) is 27.5 Å². The van der Waals surface area contributed by atoms with Gasteiger partial charge in [-0.2, -0.15) is 8.42 Å². The third-order valence-corrected chi connectivity index (χ3v) is 7.54. The third-order valence-electron chi connectivity index (χ3n) is 6.30. The molecule has 1 aliphatic rings. The van der Waals surface area contributed by atoms with Gasteiger partial charge in [0.25, 0.3) is 0 Å². The van der Waals surface area contributed by atoms with E-state index in [4.69, 9.17) is 13.7 Å². The van der Waals surface area contributed by atoms with E-state index >= 15 is 0 Å². The van der Waals surface area contributed by atoms with Crippen LogP contribution >= 0.6 is 0 Å². The van der Waals surface area contributed by atoms with Gasteiger partial charge in [0.1, 0.15) is 17.1 Å². The lowest BCUT2D eigenvalue weighted by atomic mass is 9.88. The van der Waals surface area contributed by atoms with E-state index in [9.17, 15) is 18.0 Å². The molecular weight excluding hydrogens is 492 g/mol. The highest BCUT2D eigenvalue weighted by molar-refractivity contribution is 7.87. The first-order valence-electron chi connectivity index (χ1n) is 12.1. The van der Waals surface area contributed by atoms with E-state index in [1.54, 1.807) is 12.1 Å². The molecule has 3 rings (SSSR count). The summed E-state index contributed by atoms with van der Waals surface area (Å²) in [5.41, 5.74) is 4.78. The number of benzene rings is 2. The first-order valence-corrected chi connectivity index (χ1v) is 13.5. The molecule has 2 aromatic rings. The van der Waals surface area contributed by atoms with E-state index in [1.165, 1.54) is 19.2 Å². The number of aryl methyl sites for hydroxylation is 1. The fourth-order valence-corrected chi connectivity index (χ4v) is 5.06. The zero-order valence-electron chi connectivity index (χ0n) is 21.9. The molecule has 0 aliphatic carbocycles. The normalized spacial score (nSPS) is 12.9. The summed E-state index contributed by atoms with van der Waals surface area (Å²) in [4.78, 5) is 24.3. The van der Waals surface area contributed by atoms with Crippen LogP contribution in [0.4, 0.5) is 0 Å². The number of methoxy groups -OCH3 is 1. The van der Waals surface area contributed by atoms with Gasteiger partial charge in [0, 0.05) is 30.4 Å². The molecular formula is C29H32O7S. The molecule has 2 aromatic carbocycles. The lowest BCUT2D eigenvalue weighted by Gasteiger charge is -2.19. The van der Waals surface area contributed by atoms with Gasteiger partial charge in [0.2, 0.25) is 0 Å². The number of allylic oxidation sites excluding steroid dienone is 2. The summed E-state index contributed by atoms with van der Waals surface area (Å²) in [6.45, 7) is 7.63. The SMILES string of the molecule is CCC#CCc1c(C)c2c(c(OS(=O)(=O)c3ccc(C)cc3)c1C/C=C(\C)CCC(=O)OC)C(=O)OC2. The van der Waals surface area contributed by atoms with Crippen LogP contribution in [0.3, 0.4) is 0 Å². The maximum Gasteiger partial charge on any atom is 0.342 e. The van der Waals surface area contributed by atoms with Gasteiger partial charge in [0.15, 0.2) is 5.75 Å². The van der Waals surface area contributed by atoms with Gasteiger partial charge in [-0.3, -0.25) is 4.79 Å². The number of hydrogen-bond donors (Lipinski definition) is 0. The molecule has 8 heteroatoms. The molecule has 0 bridgehead atoms. The highest BCUT2D eigenvalue weighted by Crippen LogP contribution is 2.40. The van der Waals surface area contributed by atoms with Crippen molar-refractivity contribution >= 4 is 22.1 Å². The molecule has 0 fully saturated rings. The molecule has 0 saturated carbocycles. The van der Waals surface area contributed by atoms with Crippen molar-refractivity contribution in [2.24, 2.45) is 0 Å². The Balaban J connectivity index is 2.16. The number of ether oxygens (including phenoxy) is 2. The Morgan fingerprint density at radius 1 is 1.11 bits per heavy atom. The van der Waals surface area contributed by atoms with Gasteiger partial charge < -0.3 is 13.7 Å². The van der Waals surface area contributed by atoms with E-state index in [0.29, 0.717) is 30.4 Å². The van der Waals surface area contributed by atoms with Crippen molar-refractivity contribution in [3.05, 3.63) is 69.3 Å². The van der Waals surface area contributed by atoms with E-state index in [0.717, 1.165) is 22.3 Å². The Labute approximate surface area is 218 Å². The zero-order valence-corrected chi connectivity index (χ0v) is 22.7. The Hall–Kier alpha value is -3.57. The van der Waals surface area contributed by atoms with Crippen LogP contribution < -0.4 is 4.18 Å². The fraction of sp³-hybridized carbons (Fsp3) is 0.379. The molecule has 0 amide bonds. The van der Waals surface area contributed by atoms with E-state index in [-0.39, 0.29) is 41.6 Å². The predicted molar refractivity (Wildman–Crippen MR) is 140 cm³/mol. The molecule has 0 atom stereocenters. The smallest absolute Gasteiger partial charge is 0.342 e. The minimum atomic E-state index is -4.24. The van der Waals surface area contributed by atoms with Crippen LogP contribution in [0.2, 0.25) is 0 Å². The molecule has 0 unspecified atom stereocenters. The van der Waals surface area contributed by atoms with Crippen LogP contribution in [0.25, 0.3) is 0 Å².